The largest absolute Gasteiger partial charge is 0.469 e. The average Bonchev–Trinajstić information content (AvgIpc) is 2.26. The molecular weight excluding hydrogens is 218 g/mol. The number of aryl methyl sites for hydroxylation is 1. The molecule has 0 aromatic carbocycles. The molecule has 1 N–H and O–H groups in total. The van der Waals surface area contributed by atoms with Gasteiger partial charge in [-0.1, -0.05) is 11.8 Å². The second-order valence-corrected chi connectivity index (χ2v) is 3.48. The van der Waals surface area contributed by atoms with Crippen LogP contribution >= 0.6 is 11.8 Å². The maximum Gasteiger partial charge on any atom is 0.305 e. The van der Waals surface area contributed by atoms with Crippen molar-refractivity contribution in [1.82, 2.24) is 15.2 Å². The Bertz CT molecular complexity index is 404. The lowest BCUT2D eigenvalue weighted by molar-refractivity contribution is -0.140. The molecule has 1 aromatic heterocycles. The molecule has 0 saturated heterocycles. The molecule has 0 fully saturated rings. The summed E-state index contributed by atoms with van der Waals surface area (Å²) in [4.78, 5) is 24.8. The van der Waals surface area contributed by atoms with Crippen molar-refractivity contribution in [2.75, 3.05) is 13.4 Å². The van der Waals surface area contributed by atoms with E-state index in [2.05, 4.69) is 19.9 Å². The molecular formula is C8H11N3O3S. The summed E-state index contributed by atoms with van der Waals surface area (Å²) < 4.78 is 4.45. The number of carbonyl (C=O) groups excluding carboxylic acids is 1. The molecule has 0 aliphatic heterocycles. The number of methoxy groups -OCH3 is 1. The minimum Gasteiger partial charge on any atom is -0.469 e. The molecule has 7 heteroatoms. The molecule has 0 aliphatic carbocycles. The van der Waals surface area contributed by atoms with Crippen LogP contribution in [0.4, 0.5) is 0 Å². The number of H-pyrrole nitrogens is 1. The van der Waals surface area contributed by atoms with Crippen LogP contribution in [0.5, 0.6) is 0 Å². The first-order chi connectivity index (χ1) is 7.17. The van der Waals surface area contributed by atoms with E-state index in [1.54, 1.807) is 6.26 Å². The van der Waals surface area contributed by atoms with Gasteiger partial charge in [0.05, 0.1) is 13.5 Å². The Morgan fingerprint density at radius 2 is 2.27 bits per heavy atom. The number of thioether (sulfide) groups is 1. The summed E-state index contributed by atoms with van der Waals surface area (Å²) in [6.45, 7) is 0. The topological polar surface area (TPSA) is 84.9 Å². The van der Waals surface area contributed by atoms with Crippen LogP contribution in [0.25, 0.3) is 0 Å². The molecule has 6 nitrogen and oxygen atoms in total. The number of esters is 1. The van der Waals surface area contributed by atoms with Crippen LogP contribution in [-0.2, 0) is 16.0 Å². The van der Waals surface area contributed by atoms with E-state index in [-0.39, 0.29) is 30.1 Å². The quantitative estimate of drug-likeness (QED) is 0.577. The highest BCUT2D eigenvalue weighted by molar-refractivity contribution is 7.98. The number of rotatable bonds is 4. The van der Waals surface area contributed by atoms with E-state index in [9.17, 15) is 9.59 Å². The number of nitrogens with zero attached hydrogens (tertiary/aromatic N) is 2. The Morgan fingerprint density at radius 1 is 1.53 bits per heavy atom. The number of aromatic nitrogens is 3. The first-order valence-corrected chi connectivity index (χ1v) is 5.46. The number of nitrogens with one attached hydrogen (secondary N) is 1. The van der Waals surface area contributed by atoms with Crippen molar-refractivity contribution >= 4 is 17.7 Å². The molecule has 1 aromatic rings. The zero-order chi connectivity index (χ0) is 11.3. The van der Waals surface area contributed by atoms with Crippen molar-refractivity contribution in [3.63, 3.8) is 0 Å². The highest BCUT2D eigenvalue weighted by atomic mass is 32.2. The van der Waals surface area contributed by atoms with Crippen molar-refractivity contribution in [2.24, 2.45) is 0 Å². The number of carbonyl (C=O) groups is 1. The maximum absolute atomic E-state index is 11.4. The fourth-order valence-corrected chi connectivity index (χ4v) is 1.24. The van der Waals surface area contributed by atoms with Gasteiger partial charge in [-0.3, -0.25) is 14.6 Å². The van der Waals surface area contributed by atoms with E-state index >= 15 is 0 Å². The highest BCUT2D eigenvalue weighted by Gasteiger charge is 2.07. The van der Waals surface area contributed by atoms with Crippen molar-refractivity contribution in [1.29, 1.82) is 0 Å². The number of hydrogen-bond donors (Lipinski definition) is 1. The van der Waals surface area contributed by atoms with Crippen molar-refractivity contribution in [3.05, 3.63) is 16.0 Å². The number of hydrogen-bond acceptors (Lipinski definition) is 6. The minimum absolute atomic E-state index is 0.132. The molecule has 0 unspecified atom stereocenters. The Hall–Kier alpha value is -1.37. The summed E-state index contributed by atoms with van der Waals surface area (Å²) in [5.74, 6) is -0.370. The Labute approximate surface area is 90.4 Å². The van der Waals surface area contributed by atoms with Crippen LogP contribution < -0.4 is 5.56 Å². The fraction of sp³-hybridized carbons (Fsp3) is 0.500. The summed E-state index contributed by atoms with van der Waals surface area (Å²) in [7, 11) is 1.30. The molecule has 1 heterocycles. The lowest BCUT2D eigenvalue weighted by Crippen LogP contribution is -2.18. The van der Waals surface area contributed by atoms with Gasteiger partial charge >= 0.3 is 5.97 Å². The van der Waals surface area contributed by atoms with E-state index in [1.165, 1.54) is 18.9 Å². The van der Waals surface area contributed by atoms with Gasteiger partial charge in [0, 0.05) is 6.42 Å². The fourth-order valence-electron chi connectivity index (χ4n) is 0.923. The predicted molar refractivity (Wildman–Crippen MR) is 54.8 cm³/mol. The van der Waals surface area contributed by atoms with Gasteiger partial charge in [0.1, 0.15) is 5.69 Å². The SMILES string of the molecule is COC(=O)CCc1nnc(SC)[nH]c1=O. The molecule has 0 saturated carbocycles. The van der Waals surface area contributed by atoms with E-state index in [0.717, 1.165) is 0 Å². The summed E-state index contributed by atoms with van der Waals surface area (Å²) in [5, 5.41) is 7.96. The number of ether oxygens (including phenoxy) is 1. The van der Waals surface area contributed by atoms with E-state index in [1.807, 2.05) is 0 Å². The van der Waals surface area contributed by atoms with Crippen molar-refractivity contribution in [3.8, 4) is 0 Å². The van der Waals surface area contributed by atoms with Gasteiger partial charge < -0.3 is 4.74 Å². The highest BCUT2D eigenvalue weighted by Crippen LogP contribution is 2.03. The summed E-state index contributed by atoms with van der Waals surface area (Å²) in [5.41, 5.74) is -0.0588. The monoisotopic (exact) mass is 229 g/mol. The van der Waals surface area contributed by atoms with Crippen LogP contribution in [0.1, 0.15) is 12.1 Å². The van der Waals surface area contributed by atoms with E-state index in [4.69, 9.17) is 0 Å². The van der Waals surface area contributed by atoms with Gasteiger partial charge in [-0.2, -0.15) is 0 Å². The second kappa shape index (κ2) is 5.50. The van der Waals surface area contributed by atoms with Crippen LogP contribution in [0.2, 0.25) is 0 Å². The molecule has 0 aliphatic rings. The van der Waals surface area contributed by atoms with Crippen molar-refractivity contribution in [2.45, 2.75) is 18.0 Å². The Kier molecular flexibility index (Phi) is 4.29. The standard InChI is InChI=1S/C8H11N3O3S/c1-14-6(12)4-3-5-7(13)9-8(15-2)11-10-5/h3-4H2,1-2H3,(H,9,11,13). The van der Waals surface area contributed by atoms with E-state index in [0.29, 0.717) is 5.16 Å². The van der Waals surface area contributed by atoms with Gasteiger partial charge in [0.2, 0.25) is 0 Å². The molecule has 1 rings (SSSR count). The minimum atomic E-state index is -0.370. The van der Waals surface area contributed by atoms with E-state index < -0.39 is 0 Å². The summed E-state index contributed by atoms with van der Waals surface area (Å²) in [6, 6.07) is 0. The third kappa shape index (κ3) is 3.35. The second-order valence-electron chi connectivity index (χ2n) is 2.69. The third-order valence-electron chi connectivity index (χ3n) is 1.73. The zero-order valence-corrected chi connectivity index (χ0v) is 9.26. The Balaban J connectivity index is 2.70. The van der Waals surface area contributed by atoms with Crippen LogP contribution in [0, 0.1) is 0 Å². The summed E-state index contributed by atoms with van der Waals surface area (Å²) >= 11 is 1.30. The van der Waals surface area contributed by atoms with Gasteiger partial charge in [-0.25, -0.2) is 0 Å². The maximum atomic E-state index is 11.4. The van der Waals surface area contributed by atoms with Crippen LogP contribution in [-0.4, -0.2) is 34.5 Å². The lowest BCUT2D eigenvalue weighted by Gasteiger charge is -1.99. The number of aromatic amines is 1. The molecule has 82 valence electrons. The van der Waals surface area contributed by atoms with Gasteiger partial charge in [0.15, 0.2) is 5.16 Å². The first-order valence-electron chi connectivity index (χ1n) is 4.24. The molecule has 15 heavy (non-hydrogen) atoms. The van der Waals surface area contributed by atoms with Gasteiger partial charge in [0.25, 0.3) is 5.56 Å². The van der Waals surface area contributed by atoms with Gasteiger partial charge in [-0.05, 0) is 6.26 Å². The molecule has 0 spiro atoms. The smallest absolute Gasteiger partial charge is 0.305 e. The lowest BCUT2D eigenvalue weighted by atomic mass is 10.2. The third-order valence-corrected chi connectivity index (χ3v) is 2.30. The summed E-state index contributed by atoms with van der Waals surface area (Å²) in [6.07, 6.45) is 2.16. The van der Waals surface area contributed by atoms with Crippen molar-refractivity contribution < 1.29 is 9.53 Å². The molecule has 0 radical (unpaired) electrons. The van der Waals surface area contributed by atoms with Crippen LogP contribution in [0.15, 0.2) is 9.95 Å². The van der Waals surface area contributed by atoms with Gasteiger partial charge in [-0.15, -0.1) is 10.2 Å². The Morgan fingerprint density at radius 3 is 2.80 bits per heavy atom. The first kappa shape index (κ1) is 11.7. The molecule has 0 atom stereocenters. The average molecular weight is 229 g/mol. The van der Waals surface area contributed by atoms with Crippen LogP contribution in [0.3, 0.4) is 0 Å². The zero-order valence-electron chi connectivity index (χ0n) is 8.44. The normalized spacial score (nSPS) is 10.0. The molecule has 0 bridgehead atoms. The molecule has 0 amide bonds. The predicted octanol–water partition coefficient (Wildman–Crippen LogP) is -0.00760.